The molecule has 0 unspecified atom stereocenters. The highest BCUT2D eigenvalue weighted by Gasteiger charge is 2.35. The fraction of sp³-hybridized carbons (Fsp3) is 0.727. The minimum Gasteiger partial charge on any atom is -0.330 e. The SMILES string of the molecule is Cc1[nH]ncc1S(=O)(=O)N(CCCN)C1CCC1. The van der Waals surface area contributed by atoms with Gasteiger partial charge in [0.15, 0.2) is 0 Å². The number of sulfonamides is 1. The Kier molecular flexibility index (Phi) is 4.04. The summed E-state index contributed by atoms with van der Waals surface area (Å²) in [4.78, 5) is 0.284. The average molecular weight is 272 g/mol. The van der Waals surface area contributed by atoms with E-state index >= 15 is 0 Å². The zero-order valence-corrected chi connectivity index (χ0v) is 11.4. The first kappa shape index (κ1) is 13.5. The number of hydrogen-bond donors (Lipinski definition) is 2. The molecule has 0 atom stereocenters. The van der Waals surface area contributed by atoms with E-state index in [0.29, 0.717) is 25.2 Å². The molecule has 1 aromatic rings. The van der Waals surface area contributed by atoms with Crippen LogP contribution in [0.4, 0.5) is 0 Å². The zero-order valence-electron chi connectivity index (χ0n) is 10.6. The van der Waals surface area contributed by atoms with Crippen molar-refractivity contribution in [3.05, 3.63) is 11.9 Å². The molecule has 1 heterocycles. The summed E-state index contributed by atoms with van der Waals surface area (Å²) in [6.45, 7) is 2.72. The van der Waals surface area contributed by atoms with Crippen molar-refractivity contribution in [2.45, 2.75) is 43.5 Å². The standard InChI is InChI=1S/C11H20N4O2S/c1-9-11(8-13-14-9)18(16,17)15(7-3-6-12)10-4-2-5-10/h8,10H,2-7,12H2,1H3,(H,13,14). The minimum absolute atomic E-state index is 0.135. The molecule has 2 rings (SSSR count). The van der Waals surface area contributed by atoms with Gasteiger partial charge in [0.25, 0.3) is 0 Å². The van der Waals surface area contributed by atoms with Crippen LogP contribution in [-0.2, 0) is 10.0 Å². The summed E-state index contributed by atoms with van der Waals surface area (Å²) in [7, 11) is -3.44. The van der Waals surface area contributed by atoms with Crippen molar-refractivity contribution in [2.24, 2.45) is 5.73 Å². The van der Waals surface area contributed by atoms with E-state index in [1.54, 1.807) is 11.2 Å². The summed E-state index contributed by atoms with van der Waals surface area (Å²) < 4.78 is 26.8. The summed E-state index contributed by atoms with van der Waals surface area (Å²) in [5.74, 6) is 0. The normalized spacial score (nSPS) is 17.1. The van der Waals surface area contributed by atoms with Gasteiger partial charge in [-0.05, 0) is 32.7 Å². The Hall–Kier alpha value is -0.920. The Morgan fingerprint density at radius 2 is 2.28 bits per heavy atom. The van der Waals surface area contributed by atoms with E-state index in [1.165, 1.54) is 6.20 Å². The Bertz CT molecular complexity index is 493. The first-order valence-corrected chi connectivity index (χ1v) is 7.73. The molecule has 0 amide bonds. The third kappa shape index (κ3) is 2.43. The third-order valence-corrected chi connectivity index (χ3v) is 5.50. The maximum Gasteiger partial charge on any atom is 0.246 e. The molecule has 1 aromatic heterocycles. The molecule has 0 aromatic carbocycles. The van der Waals surface area contributed by atoms with Crippen LogP contribution in [0.1, 0.15) is 31.4 Å². The summed E-state index contributed by atoms with van der Waals surface area (Å²) in [5, 5.41) is 6.48. The average Bonchev–Trinajstić information content (AvgIpc) is 2.68. The van der Waals surface area contributed by atoms with Gasteiger partial charge in [0.2, 0.25) is 10.0 Å². The number of aryl methyl sites for hydroxylation is 1. The van der Waals surface area contributed by atoms with Crippen molar-refractivity contribution in [3.8, 4) is 0 Å². The summed E-state index contributed by atoms with van der Waals surface area (Å²) in [5.41, 5.74) is 6.08. The molecule has 0 aliphatic heterocycles. The predicted molar refractivity (Wildman–Crippen MR) is 68.5 cm³/mol. The molecule has 18 heavy (non-hydrogen) atoms. The highest BCUT2D eigenvalue weighted by Crippen LogP contribution is 2.30. The van der Waals surface area contributed by atoms with Crippen LogP contribution in [0.3, 0.4) is 0 Å². The lowest BCUT2D eigenvalue weighted by Crippen LogP contribution is -2.45. The minimum atomic E-state index is -3.44. The fourth-order valence-electron chi connectivity index (χ4n) is 2.15. The van der Waals surface area contributed by atoms with E-state index in [2.05, 4.69) is 10.2 Å². The largest absolute Gasteiger partial charge is 0.330 e. The molecule has 3 N–H and O–H groups in total. The van der Waals surface area contributed by atoms with Crippen LogP contribution in [-0.4, -0.2) is 42.1 Å². The van der Waals surface area contributed by atoms with Gasteiger partial charge in [0.05, 0.1) is 11.9 Å². The van der Waals surface area contributed by atoms with E-state index in [0.717, 1.165) is 19.3 Å². The Labute approximate surface area is 108 Å². The number of nitrogens with two attached hydrogens (primary N) is 1. The topological polar surface area (TPSA) is 92.1 Å². The molecule has 1 fully saturated rings. The number of rotatable bonds is 6. The second-order valence-electron chi connectivity index (χ2n) is 4.70. The van der Waals surface area contributed by atoms with Gasteiger partial charge in [-0.3, -0.25) is 5.10 Å². The summed E-state index contributed by atoms with van der Waals surface area (Å²) in [6.07, 6.45) is 5.07. The van der Waals surface area contributed by atoms with Crippen LogP contribution < -0.4 is 5.73 Å². The van der Waals surface area contributed by atoms with Crippen molar-refractivity contribution in [2.75, 3.05) is 13.1 Å². The van der Waals surface area contributed by atoms with Gasteiger partial charge in [0.1, 0.15) is 4.90 Å². The molecule has 1 aliphatic rings. The lowest BCUT2D eigenvalue weighted by atomic mass is 9.93. The lowest BCUT2D eigenvalue weighted by molar-refractivity contribution is 0.218. The van der Waals surface area contributed by atoms with Crippen LogP contribution >= 0.6 is 0 Å². The molecule has 7 heteroatoms. The van der Waals surface area contributed by atoms with Gasteiger partial charge in [-0.1, -0.05) is 6.42 Å². The lowest BCUT2D eigenvalue weighted by Gasteiger charge is -2.36. The first-order chi connectivity index (χ1) is 8.57. The number of H-pyrrole nitrogens is 1. The van der Waals surface area contributed by atoms with Gasteiger partial charge >= 0.3 is 0 Å². The molecule has 102 valence electrons. The monoisotopic (exact) mass is 272 g/mol. The van der Waals surface area contributed by atoms with Crippen molar-refractivity contribution >= 4 is 10.0 Å². The Morgan fingerprint density at radius 1 is 1.56 bits per heavy atom. The van der Waals surface area contributed by atoms with Crippen LogP contribution in [0.5, 0.6) is 0 Å². The number of hydrogen-bond acceptors (Lipinski definition) is 4. The number of aromatic amines is 1. The zero-order chi connectivity index (χ0) is 13.2. The molecule has 6 nitrogen and oxygen atoms in total. The van der Waals surface area contributed by atoms with Gasteiger partial charge in [0, 0.05) is 12.6 Å². The molecular formula is C11H20N4O2S. The number of nitrogens with one attached hydrogen (secondary N) is 1. The second kappa shape index (κ2) is 5.38. The van der Waals surface area contributed by atoms with E-state index < -0.39 is 10.0 Å². The van der Waals surface area contributed by atoms with Crippen LogP contribution in [0, 0.1) is 6.92 Å². The molecule has 0 saturated heterocycles. The second-order valence-corrected chi connectivity index (χ2v) is 6.56. The van der Waals surface area contributed by atoms with Crippen molar-refractivity contribution in [3.63, 3.8) is 0 Å². The quantitative estimate of drug-likeness (QED) is 0.793. The van der Waals surface area contributed by atoms with E-state index in [9.17, 15) is 8.42 Å². The van der Waals surface area contributed by atoms with E-state index in [-0.39, 0.29) is 10.9 Å². The number of nitrogens with zero attached hydrogens (tertiary/aromatic N) is 2. The van der Waals surface area contributed by atoms with Crippen LogP contribution in [0.2, 0.25) is 0 Å². The van der Waals surface area contributed by atoms with Crippen LogP contribution in [0.15, 0.2) is 11.1 Å². The molecule has 0 bridgehead atoms. The van der Waals surface area contributed by atoms with Gasteiger partial charge in [-0.25, -0.2) is 8.42 Å². The van der Waals surface area contributed by atoms with Crippen LogP contribution in [0.25, 0.3) is 0 Å². The first-order valence-electron chi connectivity index (χ1n) is 6.29. The van der Waals surface area contributed by atoms with Crippen molar-refractivity contribution in [1.82, 2.24) is 14.5 Å². The summed E-state index contributed by atoms with van der Waals surface area (Å²) >= 11 is 0. The molecular weight excluding hydrogens is 252 g/mol. The smallest absolute Gasteiger partial charge is 0.246 e. The van der Waals surface area contributed by atoms with Gasteiger partial charge < -0.3 is 5.73 Å². The Balaban J connectivity index is 2.26. The van der Waals surface area contributed by atoms with Gasteiger partial charge in [-0.15, -0.1) is 0 Å². The van der Waals surface area contributed by atoms with E-state index in [4.69, 9.17) is 5.73 Å². The van der Waals surface area contributed by atoms with Crippen molar-refractivity contribution < 1.29 is 8.42 Å². The predicted octanol–water partition coefficient (Wildman–Crippen LogP) is 0.610. The highest BCUT2D eigenvalue weighted by molar-refractivity contribution is 7.89. The van der Waals surface area contributed by atoms with E-state index in [1.807, 2.05) is 0 Å². The number of aromatic nitrogens is 2. The summed E-state index contributed by atoms with van der Waals surface area (Å²) in [6, 6.07) is 0.135. The maximum atomic E-state index is 12.6. The Morgan fingerprint density at radius 3 is 2.72 bits per heavy atom. The molecule has 0 spiro atoms. The van der Waals surface area contributed by atoms with Crippen molar-refractivity contribution in [1.29, 1.82) is 0 Å². The third-order valence-electron chi connectivity index (χ3n) is 3.43. The molecule has 1 aliphatic carbocycles. The molecule has 1 saturated carbocycles. The van der Waals surface area contributed by atoms with Gasteiger partial charge in [-0.2, -0.15) is 9.40 Å². The maximum absolute atomic E-state index is 12.6. The highest BCUT2D eigenvalue weighted by atomic mass is 32.2. The molecule has 0 radical (unpaired) electrons. The fourth-order valence-corrected chi connectivity index (χ4v) is 3.99.